The summed E-state index contributed by atoms with van der Waals surface area (Å²) in [4.78, 5) is 14.2. The molecule has 0 atom stereocenters. The number of furan rings is 1. The Balaban J connectivity index is 1.37. The summed E-state index contributed by atoms with van der Waals surface area (Å²) < 4.78 is 5.09. The van der Waals surface area contributed by atoms with Crippen molar-refractivity contribution < 1.29 is 9.21 Å². The molecule has 0 saturated carbocycles. The van der Waals surface area contributed by atoms with E-state index in [0.29, 0.717) is 11.6 Å². The molecule has 1 aromatic carbocycles. The summed E-state index contributed by atoms with van der Waals surface area (Å²) in [5.74, 6) is 2.12. The number of urea groups is 1. The van der Waals surface area contributed by atoms with E-state index >= 15 is 0 Å². The SMILES string of the molecule is CC1CCN(c2ccc(-c3ccc(NC(=O)Nc4ccco4)cc3)nn2)CC1. The average molecular weight is 377 g/mol. The fourth-order valence-electron chi connectivity index (χ4n) is 3.23. The van der Waals surface area contributed by atoms with Gasteiger partial charge in [-0.05, 0) is 49.1 Å². The van der Waals surface area contributed by atoms with Crippen LogP contribution in [0.25, 0.3) is 11.3 Å². The molecule has 3 aromatic rings. The molecule has 1 fully saturated rings. The Bertz CT molecular complexity index is 899. The summed E-state index contributed by atoms with van der Waals surface area (Å²) in [5, 5.41) is 14.2. The number of piperidine rings is 1. The second-order valence-corrected chi connectivity index (χ2v) is 7.08. The number of hydrogen-bond acceptors (Lipinski definition) is 5. The molecule has 3 heterocycles. The molecule has 7 nitrogen and oxygen atoms in total. The van der Waals surface area contributed by atoms with Crippen molar-refractivity contribution >= 4 is 23.4 Å². The van der Waals surface area contributed by atoms with E-state index in [-0.39, 0.29) is 6.03 Å². The van der Waals surface area contributed by atoms with E-state index in [1.54, 1.807) is 12.1 Å². The summed E-state index contributed by atoms with van der Waals surface area (Å²) in [5.41, 5.74) is 2.43. The highest BCUT2D eigenvalue weighted by molar-refractivity contribution is 5.99. The number of carbonyl (C=O) groups is 1. The zero-order valence-corrected chi connectivity index (χ0v) is 15.8. The molecule has 1 aliphatic heterocycles. The third kappa shape index (κ3) is 4.31. The van der Waals surface area contributed by atoms with Gasteiger partial charge >= 0.3 is 6.03 Å². The molecule has 0 spiro atoms. The Labute approximate surface area is 163 Å². The molecule has 2 amide bonds. The largest absolute Gasteiger partial charge is 0.449 e. The van der Waals surface area contributed by atoms with Crippen LogP contribution in [0, 0.1) is 5.92 Å². The molecule has 0 radical (unpaired) electrons. The van der Waals surface area contributed by atoms with Crippen molar-refractivity contribution in [1.82, 2.24) is 10.2 Å². The summed E-state index contributed by atoms with van der Waals surface area (Å²) in [6, 6.07) is 14.5. The smallest absolute Gasteiger partial charge is 0.326 e. The van der Waals surface area contributed by atoms with Gasteiger partial charge in [0, 0.05) is 30.4 Å². The lowest BCUT2D eigenvalue weighted by Gasteiger charge is -2.30. The molecule has 1 aliphatic rings. The zero-order chi connectivity index (χ0) is 19.3. The van der Waals surface area contributed by atoms with Gasteiger partial charge in [0.2, 0.25) is 5.88 Å². The standard InChI is InChI=1S/C21H23N5O2/c1-15-10-12-26(13-11-15)19-9-8-18(24-25-19)16-4-6-17(7-5-16)22-21(27)23-20-3-2-14-28-20/h2-9,14-15H,10-13H2,1H3,(H2,22,23,27). The van der Waals surface area contributed by atoms with Crippen molar-refractivity contribution in [3.8, 4) is 11.3 Å². The molecule has 1 saturated heterocycles. The number of benzene rings is 1. The monoisotopic (exact) mass is 377 g/mol. The number of nitrogens with zero attached hydrogens (tertiary/aromatic N) is 3. The lowest BCUT2D eigenvalue weighted by atomic mass is 9.99. The number of nitrogens with one attached hydrogen (secondary N) is 2. The van der Waals surface area contributed by atoms with Crippen molar-refractivity contribution in [3.05, 3.63) is 54.8 Å². The first-order valence-corrected chi connectivity index (χ1v) is 9.48. The molecule has 2 N–H and O–H groups in total. The van der Waals surface area contributed by atoms with Gasteiger partial charge in [-0.3, -0.25) is 5.32 Å². The van der Waals surface area contributed by atoms with Crippen molar-refractivity contribution in [2.75, 3.05) is 28.6 Å². The highest BCUT2D eigenvalue weighted by Crippen LogP contribution is 2.24. The molecule has 0 unspecified atom stereocenters. The van der Waals surface area contributed by atoms with Crippen LogP contribution >= 0.6 is 0 Å². The normalized spacial score (nSPS) is 14.7. The van der Waals surface area contributed by atoms with E-state index in [1.165, 1.54) is 19.1 Å². The highest BCUT2D eigenvalue weighted by atomic mass is 16.3. The summed E-state index contributed by atoms with van der Waals surface area (Å²) in [6.07, 6.45) is 3.90. The molecular formula is C21H23N5O2. The third-order valence-corrected chi connectivity index (χ3v) is 4.95. The van der Waals surface area contributed by atoms with Crippen molar-refractivity contribution in [3.63, 3.8) is 0 Å². The number of aromatic nitrogens is 2. The van der Waals surface area contributed by atoms with Crippen LogP contribution in [0.3, 0.4) is 0 Å². The van der Waals surface area contributed by atoms with E-state index in [1.807, 2.05) is 36.4 Å². The summed E-state index contributed by atoms with van der Waals surface area (Å²) in [6.45, 7) is 4.37. The highest BCUT2D eigenvalue weighted by Gasteiger charge is 2.17. The van der Waals surface area contributed by atoms with E-state index in [4.69, 9.17) is 4.42 Å². The number of anilines is 3. The summed E-state index contributed by atoms with van der Waals surface area (Å²) in [7, 11) is 0. The molecular weight excluding hydrogens is 354 g/mol. The number of rotatable bonds is 4. The molecule has 2 aromatic heterocycles. The quantitative estimate of drug-likeness (QED) is 0.693. The minimum atomic E-state index is -0.359. The van der Waals surface area contributed by atoms with Gasteiger partial charge in [0.25, 0.3) is 0 Å². The molecule has 0 bridgehead atoms. The van der Waals surface area contributed by atoms with E-state index in [2.05, 4.69) is 32.7 Å². The second-order valence-electron chi connectivity index (χ2n) is 7.08. The third-order valence-electron chi connectivity index (χ3n) is 4.95. The molecule has 7 heteroatoms. The lowest BCUT2D eigenvalue weighted by Crippen LogP contribution is -2.33. The Kier molecular flexibility index (Phi) is 5.23. The van der Waals surface area contributed by atoms with Gasteiger partial charge in [-0.25, -0.2) is 4.79 Å². The maximum absolute atomic E-state index is 11.9. The Morgan fingerprint density at radius 1 is 1.04 bits per heavy atom. The summed E-state index contributed by atoms with van der Waals surface area (Å²) >= 11 is 0. The predicted octanol–water partition coefficient (Wildman–Crippen LogP) is 4.62. The van der Waals surface area contributed by atoms with Crippen LogP contribution in [0.4, 0.5) is 22.2 Å². The van der Waals surface area contributed by atoms with Crippen molar-refractivity contribution in [2.24, 2.45) is 5.92 Å². The van der Waals surface area contributed by atoms with Crippen molar-refractivity contribution in [2.45, 2.75) is 19.8 Å². The van der Waals surface area contributed by atoms with Crippen LogP contribution in [-0.4, -0.2) is 29.3 Å². The Hall–Kier alpha value is -3.35. The van der Waals surface area contributed by atoms with Gasteiger partial charge in [-0.2, -0.15) is 0 Å². The van der Waals surface area contributed by atoms with Crippen LogP contribution in [0.2, 0.25) is 0 Å². The van der Waals surface area contributed by atoms with Crippen LogP contribution < -0.4 is 15.5 Å². The Morgan fingerprint density at radius 2 is 1.82 bits per heavy atom. The topological polar surface area (TPSA) is 83.3 Å². The first-order chi connectivity index (χ1) is 13.7. The maximum Gasteiger partial charge on any atom is 0.326 e. The minimum absolute atomic E-state index is 0.359. The zero-order valence-electron chi connectivity index (χ0n) is 15.8. The van der Waals surface area contributed by atoms with Crippen LogP contribution in [0.15, 0.2) is 59.2 Å². The van der Waals surface area contributed by atoms with Gasteiger partial charge in [0.1, 0.15) is 0 Å². The minimum Gasteiger partial charge on any atom is -0.449 e. The first kappa shape index (κ1) is 18.0. The van der Waals surface area contributed by atoms with Gasteiger partial charge < -0.3 is 14.6 Å². The van der Waals surface area contributed by atoms with Crippen LogP contribution in [0.5, 0.6) is 0 Å². The molecule has 28 heavy (non-hydrogen) atoms. The number of carbonyl (C=O) groups excluding carboxylic acids is 1. The van der Waals surface area contributed by atoms with Gasteiger partial charge in [0.15, 0.2) is 5.82 Å². The van der Waals surface area contributed by atoms with E-state index < -0.39 is 0 Å². The fraction of sp³-hybridized carbons (Fsp3) is 0.286. The molecule has 144 valence electrons. The van der Waals surface area contributed by atoms with E-state index in [0.717, 1.165) is 36.1 Å². The lowest BCUT2D eigenvalue weighted by molar-refractivity contribution is 0.261. The van der Waals surface area contributed by atoms with Gasteiger partial charge in [0.05, 0.1) is 12.0 Å². The first-order valence-electron chi connectivity index (χ1n) is 9.48. The van der Waals surface area contributed by atoms with E-state index in [9.17, 15) is 4.79 Å². The number of hydrogen-bond donors (Lipinski definition) is 2. The molecule has 4 rings (SSSR count). The van der Waals surface area contributed by atoms with Crippen LogP contribution in [-0.2, 0) is 0 Å². The number of amides is 2. The predicted molar refractivity (Wildman–Crippen MR) is 109 cm³/mol. The van der Waals surface area contributed by atoms with Gasteiger partial charge in [-0.1, -0.05) is 19.1 Å². The fourth-order valence-corrected chi connectivity index (χ4v) is 3.23. The average Bonchev–Trinajstić information content (AvgIpc) is 3.22. The maximum atomic E-state index is 11.9. The van der Waals surface area contributed by atoms with Gasteiger partial charge in [-0.15, -0.1) is 10.2 Å². The molecule has 0 aliphatic carbocycles. The van der Waals surface area contributed by atoms with Crippen LogP contribution in [0.1, 0.15) is 19.8 Å². The Morgan fingerprint density at radius 3 is 2.46 bits per heavy atom. The second kappa shape index (κ2) is 8.12. The van der Waals surface area contributed by atoms with Crippen molar-refractivity contribution in [1.29, 1.82) is 0 Å².